The van der Waals surface area contributed by atoms with Crippen molar-refractivity contribution in [2.45, 2.75) is 0 Å². The van der Waals surface area contributed by atoms with E-state index >= 15 is 0 Å². The molecule has 1 aromatic heterocycles. The Morgan fingerprint density at radius 3 is 2.03 bits per heavy atom. The van der Waals surface area contributed by atoms with Gasteiger partial charge in [0.1, 0.15) is 7.14 Å². The smallest absolute Gasteiger partial charge is 0.160 e. The van der Waals surface area contributed by atoms with Crippen LogP contribution in [-0.2, 0) is 4.57 Å². The van der Waals surface area contributed by atoms with Crippen LogP contribution in [0.15, 0.2) is 115 Å². The summed E-state index contributed by atoms with van der Waals surface area (Å²) in [6.45, 7) is 3.60. The normalized spacial score (nSPS) is 11.7. The largest absolute Gasteiger partial charge is 0.319 e. The summed E-state index contributed by atoms with van der Waals surface area (Å²) in [5, 5.41) is 4.19. The van der Waals surface area contributed by atoms with Gasteiger partial charge in [-0.25, -0.2) is 9.97 Å². The van der Waals surface area contributed by atoms with E-state index in [1.165, 1.54) is 0 Å². The van der Waals surface area contributed by atoms with Crippen molar-refractivity contribution in [1.82, 2.24) is 9.97 Å². The molecule has 0 unspecified atom stereocenters. The summed E-state index contributed by atoms with van der Waals surface area (Å²) in [4.78, 5) is 10.1. The molecule has 0 atom stereocenters. The van der Waals surface area contributed by atoms with Crippen LogP contribution in [0.5, 0.6) is 0 Å². The molecular weight excluding hydrogens is 459 g/mol. The van der Waals surface area contributed by atoms with Gasteiger partial charge in [-0.15, -0.1) is 0 Å². The summed E-state index contributed by atoms with van der Waals surface area (Å²) in [5.41, 5.74) is 6.07. The highest BCUT2D eigenvalue weighted by Gasteiger charge is 2.15. The predicted molar refractivity (Wildman–Crippen MR) is 152 cm³/mol. The van der Waals surface area contributed by atoms with E-state index in [-0.39, 0.29) is 0 Å². The minimum Gasteiger partial charge on any atom is -0.319 e. The zero-order valence-corrected chi connectivity index (χ0v) is 21.1. The lowest BCUT2D eigenvalue weighted by atomic mass is 9.98. The lowest BCUT2D eigenvalue weighted by Crippen LogP contribution is -2.01. The Bertz CT molecular complexity index is 1770. The van der Waals surface area contributed by atoms with E-state index in [1.54, 1.807) is 13.3 Å². The molecule has 0 bridgehead atoms. The van der Waals surface area contributed by atoms with Crippen molar-refractivity contribution in [3.05, 3.63) is 115 Å². The summed E-state index contributed by atoms with van der Waals surface area (Å²) >= 11 is 0. The number of benzene rings is 5. The molecule has 36 heavy (non-hydrogen) atoms. The fourth-order valence-corrected chi connectivity index (χ4v) is 5.53. The first-order valence-electron chi connectivity index (χ1n) is 12.0. The van der Waals surface area contributed by atoms with Crippen LogP contribution in [0.25, 0.3) is 55.4 Å². The van der Waals surface area contributed by atoms with Gasteiger partial charge in [-0.05, 0) is 42.0 Å². The molecule has 0 fully saturated rings. The maximum atomic E-state index is 12.5. The standard InChI is InChI=1S/C32H25N2OP/c1-36(2,35)27-18-15-22(16-19-27)25-12-8-13-26(21-25)30-29-20-17-23-9-6-7-14-28(23)31(29)34-32(33-30)24-10-4-3-5-11-24/h3-21H,1-2H3. The molecule has 1 heterocycles. The molecule has 174 valence electrons. The second-order valence-corrected chi connectivity index (χ2v) is 12.6. The van der Waals surface area contributed by atoms with Crippen molar-refractivity contribution in [3.63, 3.8) is 0 Å². The van der Waals surface area contributed by atoms with Gasteiger partial charge in [0.2, 0.25) is 0 Å². The molecule has 5 aromatic carbocycles. The zero-order valence-electron chi connectivity index (χ0n) is 20.2. The van der Waals surface area contributed by atoms with Crippen molar-refractivity contribution in [2.75, 3.05) is 13.3 Å². The van der Waals surface area contributed by atoms with Crippen LogP contribution in [0.2, 0.25) is 0 Å². The fourth-order valence-electron chi connectivity index (χ4n) is 4.66. The van der Waals surface area contributed by atoms with Crippen LogP contribution in [0.4, 0.5) is 0 Å². The topological polar surface area (TPSA) is 42.9 Å². The first-order valence-corrected chi connectivity index (χ1v) is 14.6. The summed E-state index contributed by atoms with van der Waals surface area (Å²) < 4.78 is 12.5. The van der Waals surface area contributed by atoms with E-state index < -0.39 is 7.14 Å². The first kappa shape index (κ1) is 22.4. The molecule has 0 spiro atoms. The number of rotatable bonds is 4. The zero-order chi connectivity index (χ0) is 24.7. The quantitative estimate of drug-likeness (QED) is 0.188. The van der Waals surface area contributed by atoms with Crippen LogP contribution in [-0.4, -0.2) is 23.3 Å². The number of hydrogen-bond donors (Lipinski definition) is 0. The third kappa shape index (κ3) is 4.12. The Morgan fingerprint density at radius 2 is 1.25 bits per heavy atom. The Kier molecular flexibility index (Phi) is 5.51. The van der Waals surface area contributed by atoms with Crippen molar-refractivity contribution < 1.29 is 4.57 Å². The third-order valence-corrected chi connectivity index (χ3v) is 8.12. The van der Waals surface area contributed by atoms with E-state index in [9.17, 15) is 4.57 Å². The molecule has 0 amide bonds. The molecule has 0 aliphatic carbocycles. The lowest BCUT2D eigenvalue weighted by Gasteiger charge is -2.13. The molecule has 0 N–H and O–H groups in total. The molecule has 0 saturated carbocycles. The summed E-state index contributed by atoms with van der Waals surface area (Å²) in [6, 6.07) is 39.3. The monoisotopic (exact) mass is 484 g/mol. The summed E-state index contributed by atoms with van der Waals surface area (Å²) in [7, 11) is -2.29. The van der Waals surface area contributed by atoms with Crippen LogP contribution in [0.1, 0.15) is 0 Å². The van der Waals surface area contributed by atoms with Gasteiger partial charge in [0, 0.05) is 27.2 Å². The van der Waals surface area contributed by atoms with Gasteiger partial charge in [0.15, 0.2) is 5.82 Å². The van der Waals surface area contributed by atoms with Crippen molar-refractivity contribution in [3.8, 4) is 33.8 Å². The first-order chi connectivity index (χ1) is 17.5. The number of hydrogen-bond acceptors (Lipinski definition) is 3. The second-order valence-electron chi connectivity index (χ2n) is 9.42. The average Bonchev–Trinajstić information content (AvgIpc) is 2.92. The van der Waals surface area contributed by atoms with Crippen LogP contribution in [0, 0.1) is 0 Å². The Morgan fingerprint density at radius 1 is 0.556 bits per heavy atom. The third-order valence-electron chi connectivity index (χ3n) is 6.58. The Hall–Kier alpha value is -4.07. The fraction of sp³-hybridized carbons (Fsp3) is 0.0625. The van der Waals surface area contributed by atoms with Gasteiger partial charge in [0.05, 0.1) is 11.2 Å². The average molecular weight is 485 g/mol. The van der Waals surface area contributed by atoms with Crippen LogP contribution < -0.4 is 5.30 Å². The summed E-state index contributed by atoms with van der Waals surface area (Å²) in [5.74, 6) is 0.714. The molecule has 0 radical (unpaired) electrons. The van der Waals surface area contributed by atoms with Gasteiger partial charge >= 0.3 is 0 Å². The SMILES string of the molecule is CP(C)(=O)c1ccc(-c2cccc(-c3nc(-c4ccccc4)nc4c3ccc3ccccc34)c2)cc1. The minimum atomic E-state index is -2.29. The number of fused-ring (bicyclic) bond motifs is 3. The minimum absolute atomic E-state index is 0.714. The van der Waals surface area contributed by atoms with E-state index in [0.717, 1.165) is 54.9 Å². The highest BCUT2D eigenvalue weighted by molar-refractivity contribution is 7.70. The molecule has 0 aliphatic rings. The van der Waals surface area contributed by atoms with Gasteiger partial charge in [-0.1, -0.05) is 103 Å². The number of aromatic nitrogens is 2. The maximum Gasteiger partial charge on any atom is 0.160 e. The van der Waals surface area contributed by atoms with E-state index in [2.05, 4.69) is 72.8 Å². The molecule has 0 aliphatic heterocycles. The van der Waals surface area contributed by atoms with Gasteiger partial charge in [0.25, 0.3) is 0 Å². The van der Waals surface area contributed by atoms with Gasteiger partial charge < -0.3 is 4.57 Å². The van der Waals surface area contributed by atoms with E-state index in [4.69, 9.17) is 9.97 Å². The molecule has 0 saturated heterocycles. The second kappa shape index (κ2) is 8.86. The molecule has 6 rings (SSSR count). The molecule has 6 aromatic rings. The molecular formula is C32H25N2OP. The summed E-state index contributed by atoms with van der Waals surface area (Å²) in [6.07, 6.45) is 0. The van der Waals surface area contributed by atoms with Crippen molar-refractivity contribution >= 4 is 34.1 Å². The Balaban J connectivity index is 1.56. The van der Waals surface area contributed by atoms with Crippen molar-refractivity contribution in [2.24, 2.45) is 0 Å². The predicted octanol–water partition coefficient (Wildman–Crippen LogP) is 8.03. The van der Waals surface area contributed by atoms with Gasteiger partial charge in [-0.2, -0.15) is 0 Å². The highest BCUT2D eigenvalue weighted by atomic mass is 31.2. The van der Waals surface area contributed by atoms with E-state index in [1.807, 2.05) is 42.5 Å². The lowest BCUT2D eigenvalue weighted by molar-refractivity contribution is 0.588. The van der Waals surface area contributed by atoms with Crippen molar-refractivity contribution in [1.29, 1.82) is 0 Å². The Labute approximate surface area is 210 Å². The van der Waals surface area contributed by atoms with Crippen LogP contribution >= 0.6 is 7.14 Å². The van der Waals surface area contributed by atoms with Crippen LogP contribution in [0.3, 0.4) is 0 Å². The van der Waals surface area contributed by atoms with Gasteiger partial charge in [-0.3, -0.25) is 0 Å². The maximum absolute atomic E-state index is 12.5. The van der Waals surface area contributed by atoms with E-state index in [0.29, 0.717) is 5.82 Å². The molecule has 4 heteroatoms. The highest BCUT2D eigenvalue weighted by Crippen LogP contribution is 2.37. The number of nitrogens with zero attached hydrogens (tertiary/aromatic N) is 2. The molecule has 3 nitrogen and oxygen atoms in total.